The van der Waals surface area contributed by atoms with E-state index in [9.17, 15) is 4.79 Å². The van der Waals surface area contributed by atoms with Crippen molar-refractivity contribution in [2.45, 2.75) is 13.8 Å². The Morgan fingerprint density at radius 3 is 2.55 bits per heavy atom. The molecule has 1 amide bonds. The van der Waals surface area contributed by atoms with Crippen LogP contribution in [0.5, 0.6) is 0 Å². The fraction of sp³-hybridized carbons (Fsp3) is 0.412. The first kappa shape index (κ1) is 15.2. The average molecular weight is 315 g/mol. The summed E-state index contributed by atoms with van der Waals surface area (Å²) in [5.41, 5.74) is 2.85. The van der Waals surface area contributed by atoms with Gasteiger partial charge in [0.25, 0.3) is 5.91 Å². The quantitative estimate of drug-likeness (QED) is 0.855. The normalized spacial score (nSPS) is 16.0. The van der Waals surface area contributed by atoms with Crippen LogP contribution in [0.4, 0.5) is 0 Å². The number of nitrogens with zero attached hydrogens (tertiary/aromatic N) is 3. The molecule has 0 spiro atoms. The van der Waals surface area contributed by atoms with E-state index in [2.05, 4.69) is 23.9 Å². The van der Waals surface area contributed by atoms with Gasteiger partial charge in [-0.3, -0.25) is 4.79 Å². The molecule has 0 unspecified atom stereocenters. The lowest BCUT2D eigenvalue weighted by atomic mass is 10.1. The molecular formula is C17H21N3OS. The SMILES string of the molecule is Cc1nc(-c2cccc(C(=O)N3CCN(C)CC3)c2)sc1C. The van der Waals surface area contributed by atoms with Gasteiger partial charge in [-0.1, -0.05) is 12.1 Å². The molecule has 116 valence electrons. The van der Waals surface area contributed by atoms with Crippen LogP contribution in [0.15, 0.2) is 24.3 Å². The Labute approximate surface area is 135 Å². The highest BCUT2D eigenvalue weighted by molar-refractivity contribution is 7.15. The van der Waals surface area contributed by atoms with E-state index >= 15 is 0 Å². The van der Waals surface area contributed by atoms with Crippen LogP contribution >= 0.6 is 11.3 Å². The largest absolute Gasteiger partial charge is 0.336 e. The van der Waals surface area contributed by atoms with Gasteiger partial charge in [0.1, 0.15) is 5.01 Å². The number of carbonyl (C=O) groups excluding carboxylic acids is 1. The van der Waals surface area contributed by atoms with Gasteiger partial charge in [0.15, 0.2) is 0 Å². The van der Waals surface area contributed by atoms with Crippen LogP contribution in [0.2, 0.25) is 0 Å². The number of aryl methyl sites for hydroxylation is 2. The van der Waals surface area contributed by atoms with Crippen LogP contribution in [0, 0.1) is 13.8 Å². The smallest absolute Gasteiger partial charge is 0.253 e. The maximum atomic E-state index is 12.7. The highest BCUT2D eigenvalue weighted by atomic mass is 32.1. The monoisotopic (exact) mass is 315 g/mol. The fourth-order valence-corrected chi connectivity index (χ4v) is 3.48. The third kappa shape index (κ3) is 3.05. The van der Waals surface area contributed by atoms with E-state index in [-0.39, 0.29) is 5.91 Å². The summed E-state index contributed by atoms with van der Waals surface area (Å²) < 4.78 is 0. The molecule has 5 heteroatoms. The molecule has 1 aliphatic heterocycles. The summed E-state index contributed by atoms with van der Waals surface area (Å²) >= 11 is 1.68. The standard InChI is InChI=1S/C17H21N3OS/c1-12-13(2)22-16(18-12)14-5-4-6-15(11-14)17(21)20-9-7-19(3)8-10-20/h4-6,11H,7-10H2,1-3H3. The van der Waals surface area contributed by atoms with Crippen molar-refractivity contribution in [3.8, 4) is 10.6 Å². The zero-order chi connectivity index (χ0) is 15.7. The number of carbonyl (C=O) groups is 1. The number of amides is 1. The van der Waals surface area contributed by atoms with Crippen molar-refractivity contribution >= 4 is 17.2 Å². The molecule has 0 radical (unpaired) electrons. The summed E-state index contributed by atoms with van der Waals surface area (Å²) in [6.45, 7) is 7.58. The summed E-state index contributed by atoms with van der Waals surface area (Å²) in [5.74, 6) is 0.125. The fourth-order valence-electron chi connectivity index (χ4n) is 2.57. The van der Waals surface area contributed by atoms with Crippen molar-refractivity contribution in [2.75, 3.05) is 33.2 Å². The second-order valence-electron chi connectivity index (χ2n) is 5.84. The van der Waals surface area contributed by atoms with E-state index in [1.54, 1.807) is 11.3 Å². The molecule has 0 atom stereocenters. The number of piperazine rings is 1. The molecule has 2 aromatic rings. The summed E-state index contributed by atoms with van der Waals surface area (Å²) in [5, 5.41) is 0.989. The first-order chi connectivity index (χ1) is 10.5. The van der Waals surface area contributed by atoms with Crippen LogP contribution in [0.1, 0.15) is 20.9 Å². The Kier molecular flexibility index (Phi) is 4.27. The topological polar surface area (TPSA) is 36.4 Å². The van der Waals surface area contributed by atoms with Gasteiger partial charge in [-0.05, 0) is 33.0 Å². The first-order valence-electron chi connectivity index (χ1n) is 7.57. The number of hydrogen-bond donors (Lipinski definition) is 0. The van der Waals surface area contributed by atoms with Gasteiger partial charge >= 0.3 is 0 Å². The Hall–Kier alpha value is -1.72. The van der Waals surface area contributed by atoms with Gasteiger partial charge in [-0.25, -0.2) is 4.98 Å². The molecule has 1 aliphatic rings. The van der Waals surface area contributed by atoms with Crippen LogP contribution in [-0.2, 0) is 0 Å². The molecule has 0 saturated carbocycles. The van der Waals surface area contributed by atoms with E-state index in [0.29, 0.717) is 0 Å². The van der Waals surface area contributed by atoms with Crippen molar-refractivity contribution in [3.63, 3.8) is 0 Å². The lowest BCUT2D eigenvalue weighted by Crippen LogP contribution is -2.47. The number of rotatable bonds is 2. The molecule has 1 aromatic carbocycles. The highest BCUT2D eigenvalue weighted by Gasteiger charge is 2.20. The third-order valence-electron chi connectivity index (χ3n) is 4.18. The second-order valence-corrected chi connectivity index (χ2v) is 7.04. The van der Waals surface area contributed by atoms with Gasteiger partial charge in [-0.2, -0.15) is 0 Å². The minimum Gasteiger partial charge on any atom is -0.336 e. The molecular weight excluding hydrogens is 294 g/mol. The minimum atomic E-state index is 0.125. The van der Waals surface area contributed by atoms with Crippen molar-refractivity contribution in [1.29, 1.82) is 0 Å². The van der Waals surface area contributed by atoms with E-state index in [0.717, 1.165) is 48.0 Å². The molecule has 0 N–H and O–H groups in total. The van der Waals surface area contributed by atoms with Gasteiger partial charge < -0.3 is 9.80 Å². The number of aromatic nitrogens is 1. The van der Waals surface area contributed by atoms with E-state index in [1.165, 1.54) is 4.88 Å². The zero-order valence-corrected chi connectivity index (χ0v) is 14.1. The lowest BCUT2D eigenvalue weighted by molar-refractivity contribution is 0.0664. The molecule has 1 saturated heterocycles. The summed E-state index contributed by atoms with van der Waals surface area (Å²) in [4.78, 5) is 22.7. The molecule has 4 nitrogen and oxygen atoms in total. The first-order valence-corrected chi connectivity index (χ1v) is 8.38. The zero-order valence-electron chi connectivity index (χ0n) is 13.3. The van der Waals surface area contributed by atoms with Crippen molar-refractivity contribution in [3.05, 3.63) is 40.4 Å². The summed E-state index contributed by atoms with van der Waals surface area (Å²) in [6, 6.07) is 7.85. The van der Waals surface area contributed by atoms with Crippen LogP contribution in [-0.4, -0.2) is 53.9 Å². The van der Waals surface area contributed by atoms with Gasteiger partial charge in [-0.15, -0.1) is 11.3 Å². The third-order valence-corrected chi connectivity index (χ3v) is 5.30. The predicted octanol–water partition coefficient (Wildman–Crippen LogP) is 2.81. The second kappa shape index (κ2) is 6.18. The highest BCUT2D eigenvalue weighted by Crippen LogP contribution is 2.28. The lowest BCUT2D eigenvalue weighted by Gasteiger charge is -2.32. The number of benzene rings is 1. The maximum absolute atomic E-state index is 12.7. The predicted molar refractivity (Wildman–Crippen MR) is 90.4 cm³/mol. The number of hydrogen-bond acceptors (Lipinski definition) is 4. The Balaban J connectivity index is 1.83. The van der Waals surface area contributed by atoms with E-state index in [1.807, 2.05) is 36.1 Å². The van der Waals surface area contributed by atoms with Crippen molar-refractivity contribution < 1.29 is 4.79 Å². The summed E-state index contributed by atoms with van der Waals surface area (Å²) in [7, 11) is 2.09. The van der Waals surface area contributed by atoms with Crippen molar-refractivity contribution in [1.82, 2.24) is 14.8 Å². The summed E-state index contributed by atoms with van der Waals surface area (Å²) in [6.07, 6.45) is 0. The minimum absolute atomic E-state index is 0.125. The number of likely N-dealkylation sites (N-methyl/N-ethyl adjacent to an activating group) is 1. The van der Waals surface area contributed by atoms with Crippen LogP contribution in [0.3, 0.4) is 0 Å². The van der Waals surface area contributed by atoms with E-state index in [4.69, 9.17) is 0 Å². The molecule has 22 heavy (non-hydrogen) atoms. The Bertz CT molecular complexity index is 667. The van der Waals surface area contributed by atoms with Gasteiger partial charge in [0.2, 0.25) is 0 Å². The number of thiazole rings is 1. The molecule has 3 rings (SSSR count). The maximum Gasteiger partial charge on any atom is 0.253 e. The molecule has 1 aromatic heterocycles. The van der Waals surface area contributed by atoms with Gasteiger partial charge in [0, 0.05) is 42.2 Å². The molecule has 0 bridgehead atoms. The van der Waals surface area contributed by atoms with Crippen LogP contribution in [0.25, 0.3) is 10.6 Å². The Morgan fingerprint density at radius 1 is 1.18 bits per heavy atom. The van der Waals surface area contributed by atoms with Crippen molar-refractivity contribution in [2.24, 2.45) is 0 Å². The Morgan fingerprint density at radius 2 is 1.91 bits per heavy atom. The molecule has 2 heterocycles. The van der Waals surface area contributed by atoms with Gasteiger partial charge in [0.05, 0.1) is 5.69 Å². The molecule has 0 aliphatic carbocycles. The van der Waals surface area contributed by atoms with Crippen LogP contribution < -0.4 is 0 Å². The van der Waals surface area contributed by atoms with E-state index < -0.39 is 0 Å². The average Bonchev–Trinajstić information content (AvgIpc) is 2.87. The molecule has 1 fully saturated rings.